The fourth-order valence-electron chi connectivity index (χ4n) is 3.25. The first-order valence-corrected chi connectivity index (χ1v) is 8.98. The van der Waals surface area contributed by atoms with Crippen molar-refractivity contribution in [1.29, 1.82) is 0 Å². The Kier molecular flexibility index (Phi) is 5.02. The Morgan fingerprint density at radius 1 is 1.07 bits per heavy atom. The van der Waals surface area contributed by atoms with Gasteiger partial charge in [-0.2, -0.15) is 0 Å². The normalized spacial score (nSPS) is 13.1. The van der Waals surface area contributed by atoms with Crippen molar-refractivity contribution in [3.63, 3.8) is 0 Å². The molecule has 0 radical (unpaired) electrons. The zero-order valence-electron chi connectivity index (χ0n) is 15.1. The van der Waals surface area contributed by atoms with Crippen LogP contribution in [0.4, 0.5) is 8.78 Å². The van der Waals surface area contributed by atoms with Crippen LogP contribution in [-0.4, -0.2) is 22.3 Å². The lowest BCUT2D eigenvalue weighted by Gasteiger charge is -2.28. The minimum atomic E-state index is -0.432. The first-order valence-electron chi connectivity index (χ1n) is 8.98. The molecule has 0 bridgehead atoms. The number of carbonyl (C=O) groups excluding carboxylic acids is 1. The van der Waals surface area contributed by atoms with Gasteiger partial charge in [0.2, 0.25) is 0 Å². The highest BCUT2D eigenvalue weighted by molar-refractivity contribution is 5.94. The Balaban J connectivity index is 1.47. The van der Waals surface area contributed by atoms with Crippen LogP contribution in [0.25, 0.3) is 0 Å². The average Bonchev–Trinajstić information content (AvgIpc) is 2.71. The molecule has 2 aromatic carbocycles. The Bertz CT molecular complexity index is 1020. The number of pyridine rings is 1. The number of carbonyl (C=O) groups is 1. The molecule has 2 heterocycles. The maximum Gasteiger partial charge on any atom is 0.254 e. The van der Waals surface area contributed by atoms with Gasteiger partial charge in [-0.05, 0) is 47.5 Å². The van der Waals surface area contributed by atoms with Crippen molar-refractivity contribution in [2.45, 2.75) is 19.6 Å². The monoisotopic (exact) mass is 380 g/mol. The number of benzene rings is 2. The van der Waals surface area contributed by atoms with Gasteiger partial charge in [0.25, 0.3) is 5.91 Å². The van der Waals surface area contributed by atoms with E-state index in [0.29, 0.717) is 30.8 Å². The van der Waals surface area contributed by atoms with Gasteiger partial charge >= 0.3 is 0 Å². The van der Waals surface area contributed by atoms with Crippen molar-refractivity contribution in [3.8, 4) is 5.75 Å². The summed E-state index contributed by atoms with van der Waals surface area (Å²) in [5.41, 5.74) is 2.87. The minimum absolute atomic E-state index is 0.212. The van der Waals surface area contributed by atoms with E-state index in [2.05, 4.69) is 4.98 Å². The Labute approximate surface area is 161 Å². The summed E-state index contributed by atoms with van der Waals surface area (Å²) in [6, 6.07) is 13.8. The first kappa shape index (κ1) is 18.1. The topological polar surface area (TPSA) is 42.4 Å². The van der Waals surface area contributed by atoms with Gasteiger partial charge in [0.15, 0.2) is 0 Å². The highest BCUT2D eigenvalue weighted by Gasteiger charge is 2.23. The number of ether oxygens (including phenoxy) is 1. The van der Waals surface area contributed by atoms with Gasteiger partial charge in [0.05, 0.1) is 6.20 Å². The predicted molar refractivity (Wildman–Crippen MR) is 99.8 cm³/mol. The largest absolute Gasteiger partial charge is 0.487 e. The summed E-state index contributed by atoms with van der Waals surface area (Å²) in [6.07, 6.45) is 2.27. The van der Waals surface area contributed by atoms with Gasteiger partial charge in [-0.1, -0.05) is 18.2 Å². The fourth-order valence-corrected chi connectivity index (χ4v) is 3.25. The third-order valence-electron chi connectivity index (χ3n) is 4.67. The summed E-state index contributed by atoms with van der Waals surface area (Å²) >= 11 is 0. The van der Waals surface area contributed by atoms with Crippen LogP contribution in [0.5, 0.6) is 5.75 Å². The molecule has 1 amide bonds. The zero-order chi connectivity index (χ0) is 19.5. The number of rotatable bonds is 4. The van der Waals surface area contributed by atoms with Crippen LogP contribution in [-0.2, 0) is 19.6 Å². The number of fused-ring (bicyclic) bond motifs is 1. The lowest BCUT2D eigenvalue weighted by molar-refractivity contribution is 0.0732. The molecule has 0 atom stereocenters. The van der Waals surface area contributed by atoms with Crippen LogP contribution in [0.2, 0.25) is 0 Å². The van der Waals surface area contributed by atoms with Gasteiger partial charge in [-0.3, -0.25) is 9.78 Å². The maximum absolute atomic E-state index is 13.4. The van der Waals surface area contributed by atoms with Crippen LogP contribution >= 0.6 is 0 Å². The highest BCUT2D eigenvalue weighted by Crippen LogP contribution is 2.23. The summed E-state index contributed by atoms with van der Waals surface area (Å²) < 4.78 is 32.4. The van der Waals surface area contributed by atoms with Crippen molar-refractivity contribution in [1.82, 2.24) is 9.88 Å². The lowest BCUT2D eigenvalue weighted by atomic mass is 10.0. The van der Waals surface area contributed by atoms with Crippen LogP contribution in [0.1, 0.15) is 27.2 Å². The molecule has 142 valence electrons. The highest BCUT2D eigenvalue weighted by atomic mass is 19.1. The van der Waals surface area contributed by atoms with Crippen molar-refractivity contribution < 1.29 is 18.3 Å². The lowest BCUT2D eigenvalue weighted by Crippen LogP contribution is -2.36. The van der Waals surface area contributed by atoms with Gasteiger partial charge < -0.3 is 9.64 Å². The molecule has 1 aromatic heterocycles. The molecule has 3 aromatic rings. The predicted octanol–water partition coefficient (Wildman–Crippen LogP) is 4.14. The number of hydrogen-bond acceptors (Lipinski definition) is 3. The van der Waals surface area contributed by atoms with E-state index in [0.717, 1.165) is 16.8 Å². The second kappa shape index (κ2) is 7.76. The molecule has 6 heteroatoms. The Morgan fingerprint density at radius 2 is 1.86 bits per heavy atom. The van der Waals surface area contributed by atoms with E-state index < -0.39 is 5.82 Å². The summed E-state index contributed by atoms with van der Waals surface area (Å²) in [4.78, 5) is 18.8. The number of amides is 1. The van der Waals surface area contributed by atoms with E-state index in [4.69, 9.17) is 4.74 Å². The van der Waals surface area contributed by atoms with E-state index in [1.165, 1.54) is 30.3 Å². The molecule has 1 aliphatic heterocycles. The summed E-state index contributed by atoms with van der Waals surface area (Å²) in [5.74, 6) is -0.395. The van der Waals surface area contributed by atoms with E-state index in [1.54, 1.807) is 29.3 Å². The molecule has 0 aliphatic carbocycles. The zero-order valence-corrected chi connectivity index (χ0v) is 15.1. The third-order valence-corrected chi connectivity index (χ3v) is 4.67. The second-order valence-corrected chi connectivity index (χ2v) is 6.68. The number of aromatic nitrogens is 1. The Morgan fingerprint density at radius 3 is 2.64 bits per heavy atom. The standard InChI is InChI=1S/C22H18F2N2O2/c23-18-5-1-3-15(9-18)14-28-20-11-17-13-26(8-7-21(17)25-12-20)22(27)16-4-2-6-19(24)10-16/h1-6,9-12H,7-8,13-14H2. The Hall–Kier alpha value is -3.28. The number of hydrogen-bond donors (Lipinski definition) is 0. The fraction of sp³-hybridized carbons (Fsp3) is 0.182. The van der Waals surface area contributed by atoms with Crippen molar-refractivity contribution >= 4 is 5.91 Å². The molecular formula is C22H18F2N2O2. The SMILES string of the molecule is O=C(c1cccc(F)c1)N1CCc2ncc(OCc3cccc(F)c3)cc2C1. The summed E-state index contributed by atoms with van der Waals surface area (Å²) in [5, 5.41) is 0. The van der Waals surface area contributed by atoms with Crippen LogP contribution in [0, 0.1) is 11.6 Å². The van der Waals surface area contributed by atoms with Crippen molar-refractivity contribution in [2.75, 3.05) is 6.54 Å². The summed E-state index contributed by atoms with van der Waals surface area (Å²) in [7, 11) is 0. The number of halogens is 2. The molecule has 0 saturated carbocycles. The van der Waals surface area contributed by atoms with Gasteiger partial charge in [0.1, 0.15) is 24.0 Å². The number of nitrogens with zero attached hydrogens (tertiary/aromatic N) is 2. The van der Waals surface area contributed by atoms with Gasteiger partial charge in [0, 0.05) is 30.8 Å². The van der Waals surface area contributed by atoms with E-state index in [-0.39, 0.29) is 18.3 Å². The van der Waals surface area contributed by atoms with Gasteiger partial charge in [-0.25, -0.2) is 8.78 Å². The van der Waals surface area contributed by atoms with Gasteiger partial charge in [-0.15, -0.1) is 0 Å². The molecule has 1 aliphatic rings. The minimum Gasteiger partial charge on any atom is -0.487 e. The maximum atomic E-state index is 13.4. The first-order chi connectivity index (χ1) is 13.6. The van der Waals surface area contributed by atoms with E-state index in [1.807, 2.05) is 6.07 Å². The van der Waals surface area contributed by atoms with Crippen LogP contribution in [0.3, 0.4) is 0 Å². The molecule has 0 unspecified atom stereocenters. The third kappa shape index (κ3) is 4.01. The molecule has 0 spiro atoms. The van der Waals surface area contributed by atoms with Crippen LogP contribution in [0.15, 0.2) is 60.8 Å². The molecule has 4 rings (SSSR count). The summed E-state index contributed by atoms with van der Waals surface area (Å²) in [6.45, 7) is 1.14. The van der Waals surface area contributed by atoms with E-state index >= 15 is 0 Å². The average molecular weight is 380 g/mol. The van der Waals surface area contributed by atoms with Crippen LogP contribution < -0.4 is 4.74 Å². The molecular weight excluding hydrogens is 362 g/mol. The van der Waals surface area contributed by atoms with Crippen molar-refractivity contribution in [3.05, 3.63) is 94.8 Å². The smallest absolute Gasteiger partial charge is 0.254 e. The molecule has 0 saturated heterocycles. The molecule has 4 nitrogen and oxygen atoms in total. The quantitative estimate of drug-likeness (QED) is 0.683. The molecule has 0 N–H and O–H groups in total. The van der Waals surface area contributed by atoms with Crippen molar-refractivity contribution in [2.24, 2.45) is 0 Å². The second-order valence-electron chi connectivity index (χ2n) is 6.68. The van der Waals surface area contributed by atoms with E-state index in [9.17, 15) is 13.6 Å². The molecule has 28 heavy (non-hydrogen) atoms. The molecule has 0 fully saturated rings.